The summed E-state index contributed by atoms with van der Waals surface area (Å²) in [6.07, 6.45) is 2.08. The minimum atomic E-state index is 0.0770. The van der Waals surface area contributed by atoms with Crippen molar-refractivity contribution in [2.45, 2.75) is 45.8 Å². The number of aryl methyl sites for hydroxylation is 2. The van der Waals surface area contributed by atoms with Crippen LogP contribution in [0.15, 0.2) is 12.1 Å². The van der Waals surface area contributed by atoms with Crippen molar-refractivity contribution in [3.05, 3.63) is 28.8 Å². The Morgan fingerprint density at radius 2 is 1.89 bits per heavy atom. The summed E-state index contributed by atoms with van der Waals surface area (Å²) in [6.45, 7) is 6.22. The van der Waals surface area contributed by atoms with Gasteiger partial charge in [-0.3, -0.25) is 11.3 Å². The van der Waals surface area contributed by atoms with Gasteiger partial charge in [-0.15, -0.1) is 0 Å². The number of hydrogen-bond acceptors (Lipinski definition) is 4. The molecule has 2 unspecified atom stereocenters. The van der Waals surface area contributed by atoms with E-state index < -0.39 is 0 Å². The molecule has 2 atom stereocenters. The van der Waals surface area contributed by atoms with Crippen LogP contribution in [0.25, 0.3) is 0 Å². The second-order valence-electron chi connectivity index (χ2n) is 5.04. The van der Waals surface area contributed by atoms with Gasteiger partial charge in [-0.05, 0) is 50.8 Å². The largest absolute Gasteiger partial charge is 0.496 e. The number of hydrogen-bond donors (Lipinski definition) is 2. The highest BCUT2D eigenvalue weighted by Gasteiger charge is 2.18. The van der Waals surface area contributed by atoms with Crippen molar-refractivity contribution in [3.8, 4) is 5.75 Å². The third kappa shape index (κ3) is 4.20. The maximum atomic E-state index is 5.72. The van der Waals surface area contributed by atoms with Crippen molar-refractivity contribution in [2.24, 2.45) is 5.84 Å². The van der Waals surface area contributed by atoms with Crippen LogP contribution in [-0.2, 0) is 4.74 Å². The molecule has 0 aliphatic heterocycles. The third-order valence-corrected chi connectivity index (χ3v) is 3.53. The fourth-order valence-electron chi connectivity index (χ4n) is 2.39. The normalized spacial score (nSPS) is 14.2. The first kappa shape index (κ1) is 16.0. The minimum Gasteiger partial charge on any atom is -0.496 e. The lowest BCUT2D eigenvalue weighted by Crippen LogP contribution is -2.29. The van der Waals surface area contributed by atoms with Gasteiger partial charge in [-0.1, -0.05) is 6.07 Å². The van der Waals surface area contributed by atoms with E-state index in [1.165, 1.54) is 11.1 Å². The Hall–Kier alpha value is -1.10. The van der Waals surface area contributed by atoms with E-state index in [1.54, 1.807) is 14.2 Å². The molecule has 1 aromatic carbocycles. The van der Waals surface area contributed by atoms with Gasteiger partial charge in [0.05, 0.1) is 13.2 Å². The third-order valence-electron chi connectivity index (χ3n) is 3.53. The highest BCUT2D eigenvalue weighted by atomic mass is 16.5. The molecule has 4 nitrogen and oxygen atoms in total. The molecule has 108 valence electrons. The minimum absolute atomic E-state index is 0.0770. The number of methoxy groups -OCH3 is 2. The Morgan fingerprint density at radius 1 is 1.21 bits per heavy atom. The summed E-state index contributed by atoms with van der Waals surface area (Å²) in [7, 11) is 3.43. The first-order valence-electron chi connectivity index (χ1n) is 6.67. The van der Waals surface area contributed by atoms with E-state index in [2.05, 4.69) is 32.3 Å². The van der Waals surface area contributed by atoms with Crippen molar-refractivity contribution in [3.63, 3.8) is 0 Å². The smallest absolute Gasteiger partial charge is 0.124 e. The molecule has 0 amide bonds. The summed E-state index contributed by atoms with van der Waals surface area (Å²) < 4.78 is 10.8. The fourth-order valence-corrected chi connectivity index (χ4v) is 2.39. The Kier molecular flexibility index (Phi) is 6.28. The molecule has 0 bridgehead atoms. The van der Waals surface area contributed by atoms with E-state index in [9.17, 15) is 0 Å². The zero-order valence-electron chi connectivity index (χ0n) is 12.6. The van der Waals surface area contributed by atoms with E-state index >= 15 is 0 Å². The van der Waals surface area contributed by atoms with E-state index in [4.69, 9.17) is 15.3 Å². The molecule has 0 radical (unpaired) electrons. The molecular formula is C15H26N2O2. The Balaban J connectivity index is 2.97. The summed E-state index contributed by atoms with van der Waals surface area (Å²) >= 11 is 0. The topological polar surface area (TPSA) is 56.5 Å². The lowest BCUT2D eigenvalue weighted by Gasteiger charge is -2.23. The lowest BCUT2D eigenvalue weighted by molar-refractivity contribution is 0.106. The summed E-state index contributed by atoms with van der Waals surface area (Å²) in [4.78, 5) is 0. The average Bonchev–Trinajstić information content (AvgIpc) is 2.40. The van der Waals surface area contributed by atoms with Crippen molar-refractivity contribution in [2.75, 3.05) is 14.2 Å². The summed E-state index contributed by atoms with van der Waals surface area (Å²) in [6, 6.07) is 4.28. The highest BCUT2D eigenvalue weighted by Crippen LogP contribution is 2.32. The zero-order valence-corrected chi connectivity index (χ0v) is 12.6. The van der Waals surface area contributed by atoms with Gasteiger partial charge >= 0.3 is 0 Å². The predicted molar refractivity (Wildman–Crippen MR) is 78.2 cm³/mol. The number of rotatable bonds is 7. The number of nitrogens with one attached hydrogen (secondary N) is 1. The Morgan fingerprint density at radius 3 is 2.42 bits per heavy atom. The molecule has 4 heteroatoms. The van der Waals surface area contributed by atoms with E-state index in [0.29, 0.717) is 0 Å². The fraction of sp³-hybridized carbons (Fsp3) is 0.600. The van der Waals surface area contributed by atoms with E-state index in [-0.39, 0.29) is 12.1 Å². The number of ether oxygens (including phenoxy) is 2. The molecule has 0 heterocycles. The van der Waals surface area contributed by atoms with Crippen molar-refractivity contribution in [1.82, 2.24) is 5.43 Å². The van der Waals surface area contributed by atoms with Gasteiger partial charge in [-0.25, -0.2) is 0 Å². The first-order valence-corrected chi connectivity index (χ1v) is 6.67. The molecule has 1 rings (SSSR count). The van der Waals surface area contributed by atoms with E-state index in [0.717, 1.165) is 24.2 Å². The van der Waals surface area contributed by atoms with Crippen LogP contribution >= 0.6 is 0 Å². The summed E-state index contributed by atoms with van der Waals surface area (Å²) in [5, 5.41) is 0. The van der Waals surface area contributed by atoms with Crippen molar-refractivity contribution >= 4 is 0 Å². The van der Waals surface area contributed by atoms with Crippen LogP contribution in [0.4, 0.5) is 0 Å². The first-order chi connectivity index (χ1) is 9.03. The van der Waals surface area contributed by atoms with E-state index in [1.807, 2.05) is 6.07 Å². The quantitative estimate of drug-likeness (QED) is 0.588. The molecule has 0 fully saturated rings. The van der Waals surface area contributed by atoms with Crippen LogP contribution in [0.2, 0.25) is 0 Å². The molecule has 0 spiro atoms. The van der Waals surface area contributed by atoms with Crippen LogP contribution in [0.1, 0.15) is 42.5 Å². The lowest BCUT2D eigenvalue weighted by atomic mass is 9.94. The molecule has 0 aliphatic rings. The molecule has 0 aliphatic carbocycles. The maximum Gasteiger partial charge on any atom is 0.124 e. The highest BCUT2D eigenvalue weighted by molar-refractivity contribution is 5.45. The number of nitrogens with two attached hydrogens (primary N) is 1. The summed E-state index contributed by atoms with van der Waals surface area (Å²) in [5.74, 6) is 6.61. The van der Waals surface area contributed by atoms with Crippen molar-refractivity contribution < 1.29 is 9.47 Å². The van der Waals surface area contributed by atoms with Crippen LogP contribution in [0.5, 0.6) is 5.75 Å². The molecule has 3 N–H and O–H groups in total. The van der Waals surface area contributed by atoms with Gasteiger partial charge in [0.25, 0.3) is 0 Å². The van der Waals surface area contributed by atoms with Gasteiger partial charge in [0.1, 0.15) is 5.75 Å². The van der Waals surface area contributed by atoms with Crippen LogP contribution < -0.4 is 16.0 Å². The number of benzene rings is 1. The molecule has 1 aromatic rings. The molecule has 0 aromatic heterocycles. The molecule has 0 saturated carbocycles. The zero-order chi connectivity index (χ0) is 14.4. The van der Waals surface area contributed by atoms with Crippen LogP contribution in [-0.4, -0.2) is 20.3 Å². The van der Waals surface area contributed by atoms with Crippen LogP contribution in [0.3, 0.4) is 0 Å². The second kappa shape index (κ2) is 7.48. The molecular weight excluding hydrogens is 240 g/mol. The van der Waals surface area contributed by atoms with Gasteiger partial charge < -0.3 is 9.47 Å². The standard InChI is InChI=1S/C15H26N2O2/c1-10-8-11(2)15(14(9-10)19-5)13(17-16)7-6-12(3)18-4/h8-9,12-13,17H,6-7,16H2,1-5H3. The predicted octanol–water partition coefficient (Wildman–Crippen LogP) is 2.63. The molecule has 0 saturated heterocycles. The maximum absolute atomic E-state index is 5.72. The molecule has 19 heavy (non-hydrogen) atoms. The SMILES string of the molecule is COc1cc(C)cc(C)c1C(CCC(C)OC)NN. The summed E-state index contributed by atoms with van der Waals surface area (Å²) in [5.41, 5.74) is 6.43. The monoisotopic (exact) mass is 266 g/mol. The van der Waals surface area contributed by atoms with Crippen molar-refractivity contribution in [1.29, 1.82) is 0 Å². The van der Waals surface area contributed by atoms with Gasteiger partial charge in [-0.2, -0.15) is 0 Å². The Bertz CT molecular complexity index is 407. The average molecular weight is 266 g/mol. The van der Waals surface area contributed by atoms with Gasteiger partial charge in [0.2, 0.25) is 0 Å². The van der Waals surface area contributed by atoms with Gasteiger partial charge in [0, 0.05) is 18.7 Å². The number of hydrazine groups is 1. The van der Waals surface area contributed by atoms with Gasteiger partial charge in [0.15, 0.2) is 0 Å². The second-order valence-corrected chi connectivity index (χ2v) is 5.04. The van der Waals surface area contributed by atoms with Crippen LogP contribution in [0, 0.1) is 13.8 Å². The Labute approximate surface area is 116 Å².